The number of amides is 1. The van der Waals surface area contributed by atoms with Gasteiger partial charge in [0.1, 0.15) is 0 Å². The number of ether oxygens (including phenoxy) is 2. The van der Waals surface area contributed by atoms with Crippen molar-refractivity contribution >= 4 is 21.6 Å². The fourth-order valence-electron chi connectivity index (χ4n) is 3.31. The molecule has 4 rings (SSSR count). The van der Waals surface area contributed by atoms with Crippen LogP contribution in [0.1, 0.15) is 29.6 Å². The van der Waals surface area contributed by atoms with Gasteiger partial charge in [0.05, 0.1) is 18.1 Å². The number of nitrogens with one attached hydrogen (secondary N) is 1. The van der Waals surface area contributed by atoms with Crippen LogP contribution in [0.15, 0.2) is 47.4 Å². The van der Waals surface area contributed by atoms with Crippen LogP contribution >= 0.6 is 0 Å². The number of carbonyl (C=O) groups excluding carboxylic acids is 1. The van der Waals surface area contributed by atoms with Gasteiger partial charge in [-0.05, 0) is 49.2 Å². The summed E-state index contributed by atoms with van der Waals surface area (Å²) in [6.45, 7) is 2.57. The number of hydrogen-bond donors (Lipinski definition) is 1. The molecule has 0 spiro atoms. The molecule has 0 unspecified atom stereocenters. The molecule has 1 N–H and O–H groups in total. The number of sulfonamides is 1. The molecule has 1 amide bonds. The van der Waals surface area contributed by atoms with E-state index in [1.807, 2.05) is 4.90 Å². The number of nitrogens with zero attached hydrogens (tertiary/aromatic N) is 1. The molecular formula is C20H22N2O5S. The minimum atomic E-state index is -3.79. The Hall–Kier alpha value is -2.74. The largest absolute Gasteiger partial charge is 0.490 e. The highest BCUT2D eigenvalue weighted by molar-refractivity contribution is 7.92. The summed E-state index contributed by atoms with van der Waals surface area (Å²) in [7, 11) is -3.79. The molecule has 2 aromatic rings. The Morgan fingerprint density at radius 3 is 2.29 bits per heavy atom. The number of likely N-dealkylation sites (tertiary alicyclic amines) is 1. The molecule has 148 valence electrons. The van der Waals surface area contributed by atoms with Crippen molar-refractivity contribution in [3.63, 3.8) is 0 Å². The van der Waals surface area contributed by atoms with Crippen molar-refractivity contribution in [2.45, 2.75) is 24.2 Å². The lowest BCUT2D eigenvalue weighted by Crippen LogP contribution is -2.27. The normalized spacial score (nSPS) is 16.5. The summed E-state index contributed by atoms with van der Waals surface area (Å²) in [4.78, 5) is 14.3. The van der Waals surface area contributed by atoms with E-state index in [1.165, 1.54) is 12.1 Å². The van der Waals surface area contributed by atoms with Gasteiger partial charge in [0, 0.05) is 36.8 Å². The molecule has 2 aromatic carbocycles. The number of carbonyl (C=O) groups is 1. The van der Waals surface area contributed by atoms with Crippen LogP contribution in [0.3, 0.4) is 0 Å². The quantitative estimate of drug-likeness (QED) is 0.850. The molecule has 0 atom stereocenters. The molecule has 0 aliphatic carbocycles. The topological polar surface area (TPSA) is 84.9 Å². The van der Waals surface area contributed by atoms with Crippen molar-refractivity contribution in [3.05, 3.63) is 48.0 Å². The second-order valence-electron chi connectivity index (χ2n) is 6.84. The highest BCUT2D eigenvalue weighted by Crippen LogP contribution is 2.32. The van der Waals surface area contributed by atoms with Crippen molar-refractivity contribution in [2.24, 2.45) is 0 Å². The van der Waals surface area contributed by atoms with Crippen LogP contribution in [-0.2, 0) is 10.0 Å². The maximum atomic E-state index is 12.7. The fraction of sp³-hybridized carbons (Fsp3) is 0.350. The Morgan fingerprint density at radius 1 is 0.893 bits per heavy atom. The van der Waals surface area contributed by atoms with Gasteiger partial charge >= 0.3 is 0 Å². The van der Waals surface area contributed by atoms with Crippen LogP contribution in [0.4, 0.5) is 5.69 Å². The Morgan fingerprint density at radius 2 is 1.57 bits per heavy atom. The van der Waals surface area contributed by atoms with Gasteiger partial charge in [-0.2, -0.15) is 0 Å². The van der Waals surface area contributed by atoms with Crippen LogP contribution in [0.2, 0.25) is 0 Å². The smallest absolute Gasteiger partial charge is 0.262 e. The Labute approximate surface area is 164 Å². The lowest BCUT2D eigenvalue weighted by molar-refractivity contribution is 0.0793. The zero-order valence-corrected chi connectivity index (χ0v) is 16.2. The van der Waals surface area contributed by atoms with Crippen molar-refractivity contribution in [1.82, 2.24) is 4.90 Å². The van der Waals surface area contributed by atoms with Gasteiger partial charge in [-0.1, -0.05) is 0 Å². The second-order valence-corrected chi connectivity index (χ2v) is 8.52. The van der Waals surface area contributed by atoms with E-state index in [9.17, 15) is 13.2 Å². The third-order valence-corrected chi connectivity index (χ3v) is 6.19. The number of anilines is 1. The molecule has 2 aliphatic rings. The summed E-state index contributed by atoms with van der Waals surface area (Å²) >= 11 is 0. The van der Waals surface area contributed by atoms with Crippen molar-refractivity contribution < 1.29 is 22.7 Å². The van der Waals surface area contributed by atoms with Gasteiger partial charge in [-0.3, -0.25) is 9.52 Å². The predicted octanol–water partition coefficient (Wildman–Crippen LogP) is 2.88. The van der Waals surface area contributed by atoms with Gasteiger partial charge in [0.2, 0.25) is 0 Å². The van der Waals surface area contributed by atoms with Crippen LogP contribution in [0, 0.1) is 0 Å². The van der Waals surface area contributed by atoms with Crippen molar-refractivity contribution in [2.75, 3.05) is 31.0 Å². The third kappa shape index (κ3) is 3.91. The molecule has 7 nitrogen and oxygen atoms in total. The average molecular weight is 402 g/mol. The van der Waals surface area contributed by atoms with E-state index in [2.05, 4.69) is 4.72 Å². The lowest BCUT2D eigenvalue weighted by atomic mass is 10.2. The minimum absolute atomic E-state index is 0.0187. The molecule has 1 fully saturated rings. The summed E-state index contributed by atoms with van der Waals surface area (Å²) < 4.78 is 39.1. The predicted molar refractivity (Wildman–Crippen MR) is 104 cm³/mol. The van der Waals surface area contributed by atoms with E-state index >= 15 is 0 Å². The Kier molecular flexibility index (Phi) is 5.13. The molecule has 1 saturated heterocycles. The lowest BCUT2D eigenvalue weighted by Gasteiger charge is -2.15. The highest BCUT2D eigenvalue weighted by Gasteiger charge is 2.21. The number of hydrogen-bond acceptors (Lipinski definition) is 5. The van der Waals surface area contributed by atoms with E-state index in [4.69, 9.17) is 9.47 Å². The molecule has 8 heteroatoms. The van der Waals surface area contributed by atoms with Gasteiger partial charge in [-0.15, -0.1) is 0 Å². The SMILES string of the molecule is O=C(c1ccc(NS(=O)(=O)c2ccc3c(c2)OCCCO3)cc1)N1CCCC1. The van der Waals surface area contributed by atoms with E-state index in [1.54, 1.807) is 30.3 Å². The first kappa shape index (κ1) is 18.6. The summed E-state index contributed by atoms with van der Waals surface area (Å²) in [6, 6.07) is 11.1. The molecule has 0 bridgehead atoms. The van der Waals surface area contributed by atoms with Crippen LogP contribution < -0.4 is 14.2 Å². The van der Waals surface area contributed by atoms with E-state index in [0.717, 1.165) is 32.4 Å². The molecule has 0 aromatic heterocycles. The van der Waals surface area contributed by atoms with Crippen molar-refractivity contribution in [1.29, 1.82) is 0 Å². The molecule has 2 aliphatic heterocycles. The Bertz CT molecular complexity index is 967. The van der Waals surface area contributed by atoms with E-state index in [0.29, 0.717) is 36.0 Å². The summed E-state index contributed by atoms with van der Waals surface area (Å²) in [5, 5.41) is 0. The summed E-state index contributed by atoms with van der Waals surface area (Å²) in [6.07, 6.45) is 2.80. The van der Waals surface area contributed by atoms with Gasteiger partial charge in [0.15, 0.2) is 11.5 Å². The van der Waals surface area contributed by atoms with E-state index in [-0.39, 0.29) is 10.8 Å². The van der Waals surface area contributed by atoms with Crippen LogP contribution in [0.5, 0.6) is 11.5 Å². The Balaban J connectivity index is 1.50. The zero-order valence-electron chi connectivity index (χ0n) is 15.4. The standard InChI is InChI=1S/C20H22N2O5S/c23-20(22-10-1-2-11-22)15-4-6-16(7-5-15)21-28(24,25)17-8-9-18-19(14-17)27-13-3-12-26-18/h4-9,14,21H,1-3,10-13H2. The summed E-state index contributed by atoms with van der Waals surface area (Å²) in [5.74, 6) is 0.947. The molecule has 28 heavy (non-hydrogen) atoms. The maximum absolute atomic E-state index is 12.7. The first-order chi connectivity index (χ1) is 13.5. The van der Waals surface area contributed by atoms with Gasteiger partial charge in [-0.25, -0.2) is 8.42 Å². The van der Waals surface area contributed by atoms with Crippen molar-refractivity contribution in [3.8, 4) is 11.5 Å². The average Bonchev–Trinajstić information content (AvgIpc) is 3.13. The molecule has 2 heterocycles. The van der Waals surface area contributed by atoms with E-state index < -0.39 is 10.0 Å². The van der Waals surface area contributed by atoms with Crippen LogP contribution in [-0.4, -0.2) is 45.5 Å². The fourth-order valence-corrected chi connectivity index (χ4v) is 4.38. The van der Waals surface area contributed by atoms with Gasteiger partial charge < -0.3 is 14.4 Å². The van der Waals surface area contributed by atoms with Crippen LogP contribution in [0.25, 0.3) is 0 Å². The molecule has 0 radical (unpaired) electrons. The second kappa shape index (κ2) is 7.71. The monoisotopic (exact) mass is 402 g/mol. The zero-order chi connectivity index (χ0) is 19.6. The summed E-state index contributed by atoms with van der Waals surface area (Å²) in [5.41, 5.74) is 0.950. The third-order valence-electron chi connectivity index (χ3n) is 4.81. The maximum Gasteiger partial charge on any atom is 0.262 e. The molecule has 0 saturated carbocycles. The minimum Gasteiger partial charge on any atom is -0.490 e. The number of fused-ring (bicyclic) bond motifs is 1. The number of benzene rings is 2. The first-order valence-corrected chi connectivity index (χ1v) is 10.8. The first-order valence-electron chi connectivity index (χ1n) is 9.35. The molecular weight excluding hydrogens is 380 g/mol. The highest BCUT2D eigenvalue weighted by atomic mass is 32.2. The number of rotatable bonds is 4. The van der Waals surface area contributed by atoms with Gasteiger partial charge in [0.25, 0.3) is 15.9 Å².